The van der Waals surface area contributed by atoms with E-state index in [1.165, 1.54) is 4.90 Å². The second-order valence-electron chi connectivity index (χ2n) is 10.4. The van der Waals surface area contributed by atoms with Crippen LogP contribution in [0.1, 0.15) is 58.7 Å². The fourth-order valence-electron chi connectivity index (χ4n) is 4.96. The Balaban J connectivity index is 2.16. The normalized spacial score (nSPS) is 21.7. The second-order valence-corrected chi connectivity index (χ2v) is 11.3. The zero-order valence-electron chi connectivity index (χ0n) is 22.6. The molecule has 0 saturated carbocycles. The predicted octanol–water partition coefficient (Wildman–Crippen LogP) is 5.93. The lowest BCUT2D eigenvalue weighted by molar-refractivity contribution is -0.151. The van der Waals surface area contributed by atoms with Crippen LogP contribution in [0.3, 0.4) is 0 Å². The molecule has 202 valence electrons. The van der Waals surface area contributed by atoms with E-state index in [0.717, 1.165) is 15.6 Å². The summed E-state index contributed by atoms with van der Waals surface area (Å²) >= 11 is 3.46. The number of esters is 1. The summed E-state index contributed by atoms with van der Waals surface area (Å²) in [4.78, 5) is 32.9. The zero-order valence-corrected chi connectivity index (χ0v) is 24.2. The highest BCUT2D eigenvalue weighted by Gasteiger charge is 2.59. The van der Waals surface area contributed by atoms with Crippen LogP contribution in [0.4, 0.5) is 4.79 Å². The molecular weight excluding hydrogens is 540 g/mol. The van der Waals surface area contributed by atoms with Crippen molar-refractivity contribution >= 4 is 28.0 Å². The Kier molecular flexibility index (Phi) is 9.58. The number of benzene rings is 1. The van der Waals surface area contributed by atoms with Crippen molar-refractivity contribution in [3.63, 3.8) is 0 Å². The maximum atomic E-state index is 13.6. The highest BCUT2D eigenvalue weighted by Crippen LogP contribution is 2.50. The number of rotatable bonds is 8. The van der Waals surface area contributed by atoms with Crippen LogP contribution in [-0.2, 0) is 25.6 Å². The summed E-state index contributed by atoms with van der Waals surface area (Å²) in [5.74, 6) is -0.428. The van der Waals surface area contributed by atoms with Crippen molar-refractivity contribution in [2.24, 2.45) is 11.3 Å². The summed E-state index contributed by atoms with van der Waals surface area (Å²) in [6.45, 7) is 11.8. The SMILES string of the molecule is CCOC(=O)[C@@H]1[C@@H](C(C)(C)C)[C@H](OCc2cc(Br)cnc2OC)[C@H](c2ccccc2)N1C(=O)OC(C)C. The van der Waals surface area contributed by atoms with Crippen LogP contribution in [0.25, 0.3) is 0 Å². The Morgan fingerprint density at radius 2 is 1.84 bits per heavy atom. The van der Waals surface area contributed by atoms with E-state index in [1.54, 1.807) is 34.1 Å². The number of amides is 1. The summed E-state index contributed by atoms with van der Waals surface area (Å²) in [5.41, 5.74) is 1.16. The van der Waals surface area contributed by atoms with E-state index in [0.29, 0.717) is 5.88 Å². The number of carbonyl (C=O) groups is 2. The van der Waals surface area contributed by atoms with Crippen molar-refractivity contribution in [3.05, 3.63) is 58.2 Å². The number of methoxy groups -OCH3 is 1. The number of hydrogen-bond donors (Lipinski definition) is 0. The average molecular weight is 578 g/mol. The van der Waals surface area contributed by atoms with E-state index in [2.05, 4.69) is 20.9 Å². The van der Waals surface area contributed by atoms with Gasteiger partial charge in [-0.05, 0) is 53.7 Å². The molecule has 9 heteroatoms. The van der Waals surface area contributed by atoms with Gasteiger partial charge in [-0.1, -0.05) is 51.1 Å². The van der Waals surface area contributed by atoms with Gasteiger partial charge in [-0.15, -0.1) is 0 Å². The molecule has 37 heavy (non-hydrogen) atoms. The molecule has 1 aliphatic rings. The standard InChI is InChI=1S/C28H37BrN2O6/c1-8-35-26(32)23-21(28(4,5)6)24(36-16-19-14-20(29)15-30-25(19)34-7)22(18-12-10-9-11-13-18)31(23)27(33)37-17(2)3/h9-15,17,21-24H,8,16H2,1-7H3/t21-,22+,23+,24+/m1/s1. The molecule has 1 aromatic heterocycles. The molecule has 1 saturated heterocycles. The Morgan fingerprint density at radius 1 is 1.16 bits per heavy atom. The minimum absolute atomic E-state index is 0.165. The lowest BCUT2D eigenvalue weighted by atomic mass is 9.73. The summed E-state index contributed by atoms with van der Waals surface area (Å²) in [5, 5.41) is 0. The summed E-state index contributed by atoms with van der Waals surface area (Å²) in [6.07, 6.45) is 0.157. The number of pyridine rings is 1. The van der Waals surface area contributed by atoms with E-state index in [9.17, 15) is 9.59 Å². The minimum atomic E-state index is -0.899. The molecule has 8 nitrogen and oxygen atoms in total. The molecular formula is C28H37BrN2O6. The van der Waals surface area contributed by atoms with Crippen LogP contribution in [-0.4, -0.2) is 53.9 Å². The fourth-order valence-corrected chi connectivity index (χ4v) is 5.34. The van der Waals surface area contributed by atoms with E-state index in [-0.39, 0.29) is 19.3 Å². The van der Waals surface area contributed by atoms with Crippen molar-refractivity contribution in [2.75, 3.05) is 13.7 Å². The molecule has 4 atom stereocenters. The molecule has 0 bridgehead atoms. The molecule has 3 rings (SSSR count). The van der Waals surface area contributed by atoms with Crippen molar-refractivity contribution < 1.29 is 28.5 Å². The van der Waals surface area contributed by atoms with Gasteiger partial charge in [0.1, 0.15) is 6.04 Å². The highest BCUT2D eigenvalue weighted by atomic mass is 79.9. The molecule has 0 aliphatic carbocycles. The van der Waals surface area contributed by atoms with Crippen molar-refractivity contribution in [3.8, 4) is 5.88 Å². The van der Waals surface area contributed by atoms with Gasteiger partial charge in [-0.3, -0.25) is 4.90 Å². The largest absolute Gasteiger partial charge is 0.481 e. The number of aromatic nitrogens is 1. The molecule has 0 radical (unpaired) electrons. The molecule has 0 spiro atoms. The molecule has 1 fully saturated rings. The Labute approximate surface area is 227 Å². The monoisotopic (exact) mass is 576 g/mol. The number of likely N-dealkylation sites (tertiary alicyclic amines) is 1. The minimum Gasteiger partial charge on any atom is -0.481 e. The van der Waals surface area contributed by atoms with Crippen molar-refractivity contribution in [1.82, 2.24) is 9.88 Å². The Bertz CT molecular complexity index is 1070. The first-order chi connectivity index (χ1) is 17.5. The molecule has 2 heterocycles. The molecule has 1 aliphatic heterocycles. The number of hydrogen-bond acceptors (Lipinski definition) is 7. The zero-order chi connectivity index (χ0) is 27.3. The summed E-state index contributed by atoms with van der Waals surface area (Å²) in [7, 11) is 1.56. The molecule has 0 N–H and O–H groups in total. The van der Waals surface area contributed by atoms with Crippen molar-refractivity contribution in [1.29, 1.82) is 0 Å². The Hall–Kier alpha value is -2.65. The maximum absolute atomic E-state index is 13.6. The van der Waals surface area contributed by atoms with Gasteiger partial charge in [0.2, 0.25) is 5.88 Å². The van der Waals surface area contributed by atoms with Gasteiger partial charge in [0.25, 0.3) is 0 Å². The first-order valence-corrected chi connectivity index (χ1v) is 13.3. The second kappa shape index (κ2) is 12.3. The fraction of sp³-hybridized carbons (Fsp3) is 0.536. The quantitative estimate of drug-likeness (QED) is 0.359. The van der Waals surface area contributed by atoms with E-state index >= 15 is 0 Å². The van der Waals surface area contributed by atoms with Crippen LogP contribution in [0, 0.1) is 11.3 Å². The third-order valence-electron chi connectivity index (χ3n) is 6.34. The summed E-state index contributed by atoms with van der Waals surface area (Å²) in [6, 6.07) is 10.00. The van der Waals surface area contributed by atoms with Gasteiger partial charge < -0.3 is 18.9 Å². The molecule has 1 aromatic carbocycles. The topological polar surface area (TPSA) is 87.2 Å². The van der Waals surface area contributed by atoms with Gasteiger partial charge in [-0.2, -0.15) is 0 Å². The van der Waals surface area contributed by atoms with Crippen LogP contribution in [0.5, 0.6) is 5.88 Å². The van der Waals surface area contributed by atoms with Crippen LogP contribution in [0.15, 0.2) is 47.1 Å². The van der Waals surface area contributed by atoms with E-state index < -0.39 is 41.6 Å². The number of halogens is 1. The Morgan fingerprint density at radius 3 is 2.41 bits per heavy atom. The molecule has 0 unspecified atom stereocenters. The smallest absolute Gasteiger partial charge is 0.411 e. The maximum Gasteiger partial charge on any atom is 0.411 e. The van der Waals surface area contributed by atoms with Gasteiger partial charge >= 0.3 is 12.1 Å². The first kappa shape index (κ1) is 28.9. The number of nitrogens with zero attached hydrogens (tertiary/aromatic N) is 2. The lowest BCUT2D eigenvalue weighted by Gasteiger charge is -2.35. The van der Waals surface area contributed by atoms with Crippen molar-refractivity contribution in [2.45, 2.75) is 72.4 Å². The van der Waals surface area contributed by atoms with Gasteiger partial charge in [0.15, 0.2) is 0 Å². The van der Waals surface area contributed by atoms with Crippen LogP contribution < -0.4 is 4.74 Å². The van der Waals surface area contributed by atoms with Gasteiger partial charge in [0.05, 0.1) is 38.6 Å². The van der Waals surface area contributed by atoms with Crippen LogP contribution in [0.2, 0.25) is 0 Å². The number of carbonyl (C=O) groups excluding carboxylic acids is 2. The molecule has 1 amide bonds. The third-order valence-corrected chi connectivity index (χ3v) is 6.77. The lowest BCUT2D eigenvalue weighted by Crippen LogP contribution is -2.48. The molecule has 2 aromatic rings. The van der Waals surface area contributed by atoms with E-state index in [4.69, 9.17) is 18.9 Å². The van der Waals surface area contributed by atoms with Gasteiger partial charge in [0, 0.05) is 22.2 Å². The van der Waals surface area contributed by atoms with Gasteiger partial charge in [-0.25, -0.2) is 14.6 Å². The highest BCUT2D eigenvalue weighted by molar-refractivity contribution is 9.10. The summed E-state index contributed by atoms with van der Waals surface area (Å²) < 4.78 is 24.0. The van der Waals surface area contributed by atoms with Crippen LogP contribution >= 0.6 is 15.9 Å². The average Bonchev–Trinajstić information content (AvgIpc) is 3.19. The third kappa shape index (κ3) is 6.62. The van der Waals surface area contributed by atoms with E-state index in [1.807, 2.05) is 57.2 Å². The first-order valence-electron chi connectivity index (χ1n) is 12.5. The predicted molar refractivity (Wildman–Crippen MR) is 143 cm³/mol. The number of ether oxygens (including phenoxy) is 4.